The molecule has 84 valence electrons. The Labute approximate surface area is 93.9 Å². The van der Waals surface area contributed by atoms with Crippen LogP contribution in [0.15, 0.2) is 11.6 Å². The van der Waals surface area contributed by atoms with Crippen molar-refractivity contribution in [1.29, 1.82) is 0 Å². The fraction of sp³-hybridized carbons (Fsp3) is 0.600. The Balaban J connectivity index is 2.43. The van der Waals surface area contributed by atoms with Crippen molar-refractivity contribution in [2.45, 2.75) is 33.4 Å². The Morgan fingerprint density at radius 3 is 2.80 bits per heavy atom. The first-order valence-electron chi connectivity index (χ1n) is 4.83. The van der Waals surface area contributed by atoms with Crippen LogP contribution in [0.5, 0.6) is 0 Å². The van der Waals surface area contributed by atoms with Crippen LogP contribution in [0.3, 0.4) is 0 Å². The van der Waals surface area contributed by atoms with Crippen molar-refractivity contribution >= 4 is 17.2 Å². The number of carbonyl (C=O) groups excluding carboxylic acids is 1. The number of hydrogen-bond donors (Lipinski definition) is 2. The summed E-state index contributed by atoms with van der Waals surface area (Å²) in [6.07, 6.45) is 1.72. The van der Waals surface area contributed by atoms with Gasteiger partial charge < -0.3 is 11.1 Å². The molecule has 3 N–H and O–H groups in total. The van der Waals surface area contributed by atoms with Gasteiger partial charge in [0, 0.05) is 11.6 Å². The number of amides is 1. The minimum atomic E-state index is -0.488. The summed E-state index contributed by atoms with van der Waals surface area (Å²) in [6.45, 7) is 6.29. The van der Waals surface area contributed by atoms with Gasteiger partial charge in [-0.15, -0.1) is 11.3 Å². The minimum absolute atomic E-state index is 0.127. The molecule has 0 spiro atoms. The maximum atomic E-state index is 11.6. The van der Waals surface area contributed by atoms with E-state index in [0.717, 1.165) is 5.01 Å². The Morgan fingerprint density at radius 2 is 2.33 bits per heavy atom. The third kappa shape index (κ3) is 3.60. The molecule has 4 nitrogen and oxygen atoms in total. The highest BCUT2D eigenvalue weighted by Gasteiger charge is 2.27. The Bertz CT molecular complexity index is 316. The van der Waals surface area contributed by atoms with Crippen LogP contribution in [-0.4, -0.2) is 16.9 Å². The van der Waals surface area contributed by atoms with E-state index in [0.29, 0.717) is 6.54 Å². The summed E-state index contributed by atoms with van der Waals surface area (Å²) in [4.78, 5) is 15.7. The number of nitrogens with one attached hydrogen (secondary N) is 1. The number of nitrogens with zero attached hydrogens (tertiary/aromatic N) is 1. The lowest BCUT2D eigenvalue weighted by molar-refractivity contribution is -0.124. The van der Waals surface area contributed by atoms with Crippen LogP contribution in [0.25, 0.3) is 0 Å². The number of hydrogen-bond acceptors (Lipinski definition) is 4. The van der Waals surface area contributed by atoms with Crippen molar-refractivity contribution in [3.63, 3.8) is 0 Å². The van der Waals surface area contributed by atoms with E-state index in [1.807, 2.05) is 26.2 Å². The summed E-state index contributed by atoms with van der Waals surface area (Å²) in [7, 11) is 0. The average molecular weight is 227 g/mol. The van der Waals surface area contributed by atoms with E-state index in [-0.39, 0.29) is 11.3 Å². The molecule has 0 radical (unpaired) electrons. The molecule has 1 heterocycles. The molecular formula is C10H17N3OS. The summed E-state index contributed by atoms with van der Waals surface area (Å²) in [5.41, 5.74) is 5.59. The third-order valence-electron chi connectivity index (χ3n) is 2.11. The zero-order chi connectivity index (χ0) is 11.5. The van der Waals surface area contributed by atoms with Crippen LogP contribution in [0.4, 0.5) is 0 Å². The van der Waals surface area contributed by atoms with E-state index in [9.17, 15) is 4.79 Å². The fourth-order valence-corrected chi connectivity index (χ4v) is 1.56. The predicted octanol–water partition coefficient (Wildman–Crippen LogP) is 1.13. The Morgan fingerprint density at radius 1 is 1.67 bits per heavy atom. The van der Waals surface area contributed by atoms with Crippen molar-refractivity contribution in [3.8, 4) is 0 Å². The molecule has 1 rings (SSSR count). The van der Waals surface area contributed by atoms with E-state index in [1.54, 1.807) is 6.20 Å². The van der Waals surface area contributed by atoms with Gasteiger partial charge in [0.1, 0.15) is 5.01 Å². The molecule has 15 heavy (non-hydrogen) atoms. The van der Waals surface area contributed by atoms with E-state index in [4.69, 9.17) is 5.73 Å². The first-order valence-corrected chi connectivity index (χ1v) is 5.71. The topological polar surface area (TPSA) is 68.0 Å². The third-order valence-corrected chi connectivity index (χ3v) is 2.89. The number of carbonyl (C=O) groups is 1. The maximum Gasteiger partial charge on any atom is 0.237 e. The van der Waals surface area contributed by atoms with Crippen molar-refractivity contribution in [1.82, 2.24) is 10.3 Å². The second-order valence-electron chi connectivity index (χ2n) is 4.49. The molecule has 1 atom stereocenters. The molecule has 1 amide bonds. The summed E-state index contributed by atoms with van der Waals surface area (Å²) >= 11 is 1.52. The van der Waals surface area contributed by atoms with Crippen LogP contribution < -0.4 is 11.1 Å². The lowest BCUT2D eigenvalue weighted by Crippen LogP contribution is -2.48. The maximum absolute atomic E-state index is 11.6. The first-order chi connectivity index (χ1) is 6.91. The zero-order valence-electron chi connectivity index (χ0n) is 9.28. The van der Waals surface area contributed by atoms with Crippen LogP contribution in [0.1, 0.15) is 25.8 Å². The molecule has 1 unspecified atom stereocenters. The second-order valence-corrected chi connectivity index (χ2v) is 5.47. The summed E-state index contributed by atoms with van der Waals surface area (Å²) in [5, 5.41) is 5.55. The van der Waals surface area contributed by atoms with Crippen molar-refractivity contribution in [2.24, 2.45) is 11.1 Å². The van der Waals surface area contributed by atoms with Gasteiger partial charge in [0.15, 0.2) is 0 Å². The van der Waals surface area contributed by atoms with Gasteiger partial charge in [-0.3, -0.25) is 4.79 Å². The van der Waals surface area contributed by atoms with E-state index in [1.165, 1.54) is 11.3 Å². The van der Waals surface area contributed by atoms with Crippen molar-refractivity contribution < 1.29 is 4.79 Å². The molecule has 1 aromatic heterocycles. The van der Waals surface area contributed by atoms with Crippen LogP contribution in [0.2, 0.25) is 0 Å². The highest BCUT2D eigenvalue weighted by atomic mass is 32.1. The number of rotatable bonds is 3. The van der Waals surface area contributed by atoms with Gasteiger partial charge in [0.2, 0.25) is 5.91 Å². The lowest BCUT2D eigenvalue weighted by atomic mass is 9.87. The molecule has 1 aromatic rings. The standard InChI is InChI=1S/C10H17N3OS/c1-10(2,3)8(11)9(14)13-6-7-12-4-5-15-7/h4-5,8H,6,11H2,1-3H3,(H,13,14). The number of thiazole rings is 1. The van der Waals surface area contributed by atoms with E-state index >= 15 is 0 Å². The van der Waals surface area contributed by atoms with E-state index in [2.05, 4.69) is 10.3 Å². The Hall–Kier alpha value is -0.940. The zero-order valence-corrected chi connectivity index (χ0v) is 10.1. The van der Waals surface area contributed by atoms with Crippen LogP contribution >= 0.6 is 11.3 Å². The minimum Gasteiger partial charge on any atom is -0.348 e. The van der Waals surface area contributed by atoms with Crippen molar-refractivity contribution in [3.05, 3.63) is 16.6 Å². The normalized spacial score (nSPS) is 13.6. The van der Waals surface area contributed by atoms with Gasteiger partial charge in [-0.25, -0.2) is 4.98 Å². The molecule has 0 aliphatic heterocycles. The average Bonchev–Trinajstić information content (AvgIpc) is 2.63. The molecule has 0 aliphatic rings. The largest absolute Gasteiger partial charge is 0.348 e. The highest BCUT2D eigenvalue weighted by Crippen LogP contribution is 2.17. The molecule has 0 saturated heterocycles. The Kier molecular flexibility index (Phi) is 3.82. The quantitative estimate of drug-likeness (QED) is 0.813. The van der Waals surface area contributed by atoms with Gasteiger partial charge >= 0.3 is 0 Å². The lowest BCUT2D eigenvalue weighted by Gasteiger charge is -2.25. The second kappa shape index (κ2) is 4.72. The molecule has 0 saturated carbocycles. The fourth-order valence-electron chi connectivity index (χ4n) is 1.01. The van der Waals surface area contributed by atoms with Gasteiger partial charge in [-0.2, -0.15) is 0 Å². The number of nitrogens with two attached hydrogens (primary N) is 1. The smallest absolute Gasteiger partial charge is 0.237 e. The SMILES string of the molecule is CC(C)(C)C(N)C(=O)NCc1nccs1. The van der Waals surface area contributed by atoms with Gasteiger partial charge in [-0.1, -0.05) is 20.8 Å². The monoisotopic (exact) mass is 227 g/mol. The summed E-state index contributed by atoms with van der Waals surface area (Å²) in [5.74, 6) is -0.127. The first kappa shape index (κ1) is 12.1. The molecule has 0 aromatic carbocycles. The van der Waals surface area contributed by atoms with Crippen molar-refractivity contribution in [2.75, 3.05) is 0 Å². The number of aromatic nitrogens is 1. The van der Waals surface area contributed by atoms with Crippen LogP contribution in [0, 0.1) is 5.41 Å². The highest BCUT2D eigenvalue weighted by molar-refractivity contribution is 7.09. The summed E-state index contributed by atoms with van der Waals surface area (Å²) in [6, 6.07) is -0.488. The predicted molar refractivity (Wildman–Crippen MR) is 61.4 cm³/mol. The van der Waals surface area contributed by atoms with Gasteiger partial charge in [0.05, 0.1) is 12.6 Å². The van der Waals surface area contributed by atoms with Gasteiger partial charge in [-0.05, 0) is 5.41 Å². The summed E-state index contributed by atoms with van der Waals surface area (Å²) < 4.78 is 0. The molecule has 5 heteroatoms. The molecule has 0 fully saturated rings. The van der Waals surface area contributed by atoms with Gasteiger partial charge in [0.25, 0.3) is 0 Å². The van der Waals surface area contributed by atoms with E-state index < -0.39 is 6.04 Å². The van der Waals surface area contributed by atoms with Crippen LogP contribution in [-0.2, 0) is 11.3 Å². The molecule has 0 aliphatic carbocycles. The molecular weight excluding hydrogens is 210 g/mol. The molecule has 0 bridgehead atoms.